The number of rotatable bonds is 17. The summed E-state index contributed by atoms with van der Waals surface area (Å²) in [5.41, 5.74) is 2.07. The van der Waals surface area contributed by atoms with Crippen LogP contribution >= 0.6 is 0 Å². The highest BCUT2D eigenvalue weighted by Crippen LogP contribution is 2.13. The van der Waals surface area contributed by atoms with Crippen molar-refractivity contribution in [3.8, 4) is 0 Å². The predicted molar refractivity (Wildman–Crippen MR) is 156 cm³/mol. The summed E-state index contributed by atoms with van der Waals surface area (Å²) >= 11 is 0. The van der Waals surface area contributed by atoms with Crippen LogP contribution in [0, 0.1) is 11.6 Å². The number of nitrogens with one attached hydrogen (secondary N) is 4. The third-order valence-corrected chi connectivity index (χ3v) is 5.78. The summed E-state index contributed by atoms with van der Waals surface area (Å²) in [6.07, 6.45) is 0. The number of benzene rings is 3. The lowest BCUT2D eigenvalue weighted by atomic mass is 10.2. The summed E-state index contributed by atoms with van der Waals surface area (Å²) in [5, 5.41) is 12.1. The largest absolute Gasteiger partial charge is 0.377 e. The van der Waals surface area contributed by atoms with Crippen molar-refractivity contribution in [1.29, 1.82) is 0 Å². The highest BCUT2D eigenvalue weighted by molar-refractivity contribution is 5.94. The number of carbonyl (C=O) groups is 1. The third kappa shape index (κ3) is 10.7. The number of ether oxygens (including phenoxy) is 2. The molecule has 1 aromatic heterocycles. The van der Waals surface area contributed by atoms with Gasteiger partial charge >= 0.3 is 0 Å². The molecule has 10 nitrogen and oxygen atoms in total. The van der Waals surface area contributed by atoms with Crippen molar-refractivity contribution in [1.82, 2.24) is 20.3 Å². The van der Waals surface area contributed by atoms with Gasteiger partial charge in [-0.1, -0.05) is 42.5 Å². The zero-order chi connectivity index (χ0) is 29.4. The monoisotopic (exact) mass is 577 g/mol. The van der Waals surface area contributed by atoms with E-state index in [1.807, 2.05) is 18.2 Å². The highest BCUT2D eigenvalue weighted by atomic mass is 19.1. The average molecular weight is 578 g/mol. The molecule has 0 unspecified atom stereocenters. The first-order valence-electron chi connectivity index (χ1n) is 13.5. The Balaban J connectivity index is 1.19. The molecule has 0 radical (unpaired) electrons. The Kier molecular flexibility index (Phi) is 11.9. The van der Waals surface area contributed by atoms with Gasteiger partial charge in [-0.25, -0.2) is 8.78 Å². The fourth-order valence-electron chi connectivity index (χ4n) is 3.75. The minimum atomic E-state index is -0.329. The zero-order valence-electron chi connectivity index (χ0n) is 23.0. The Morgan fingerprint density at radius 2 is 1.14 bits per heavy atom. The second-order valence-electron chi connectivity index (χ2n) is 9.05. The van der Waals surface area contributed by atoms with Gasteiger partial charge in [0.05, 0.1) is 26.4 Å². The normalized spacial score (nSPS) is 10.7. The Morgan fingerprint density at radius 1 is 0.619 bits per heavy atom. The average Bonchev–Trinajstić information content (AvgIpc) is 3.00. The van der Waals surface area contributed by atoms with E-state index in [9.17, 15) is 13.6 Å². The molecule has 0 spiro atoms. The molecule has 42 heavy (non-hydrogen) atoms. The van der Waals surface area contributed by atoms with Gasteiger partial charge in [0.25, 0.3) is 5.91 Å². The Morgan fingerprint density at radius 3 is 1.69 bits per heavy atom. The van der Waals surface area contributed by atoms with Gasteiger partial charge in [0, 0.05) is 31.7 Å². The molecule has 0 fully saturated rings. The van der Waals surface area contributed by atoms with Gasteiger partial charge in [-0.3, -0.25) is 4.79 Å². The second kappa shape index (κ2) is 16.6. The summed E-state index contributed by atoms with van der Waals surface area (Å²) in [6, 6.07) is 21.5. The molecule has 3 aromatic carbocycles. The molecule has 4 rings (SSSR count). The topological polar surface area (TPSA) is 122 Å². The summed E-state index contributed by atoms with van der Waals surface area (Å²) < 4.78 is 38.2. The standard InChI is InChI=1S/C30H33F2N7O3/c31-25-10-4-6-22(18-25)20-35-29-37-28(38-30(39-29)36-21-23-7-5-11-26(32)19-23)34-13-15-42-17-16-41-14-12-33-27(40)24-8-2-1-3-9-24/h1-11,18-19H,12-17,20-21H2,(H,33,40)(H3,34,35,36,37,38,39). The summed E-state index contributed by atoms with van der Waals surface area (Å²) in [5.74, 6) is 0.0799. The van der Waals surface area contributed by atoms with E-state index in [0.29, 0.717) is 64.1 Å². The molecule has 0 bridgehead atoms. The second-order valence-corrected chi connectivity index (χ2v) is 9.05. The summed E-state index contributed by atoms with van der Waals surface area (Å²) in [4.78, 5) is 25.2. The van der Waals surface area contributed by atoms with E-state index in [-0.39, 0.29) is 29.4 Å². The number of hydrogen-bond donors (Lipinski definition) is 4. The van der Waals surface area contributed by atoms with E-state index >= 15 is 0 Å². The van der Waals surface area contributed by atoms with E-state index < -0.39 is 0 Å². The maximum absolute atomic E-state index is 13.6. The molecule has 0 saturated heterocycles. The fourth-order valence-corrected chi connectivity index (χ4v) is 3.75. The lowest BCUT2D eigenvalue weighted by Gasteiger charge is -2.12. The van der Waals surface area contributed by atoms with E-state index in [2.05, 4.69) is 36.2 Å². The van der Waals surface area contributed by atoms with Crippen LogP contribution in [0.1, 0.15) is 21.5 Å². The van der Waals surface area contributed by atoms with Crippen molar-refractivity contribution < 1.29 is 23.0 Å². The molecule has 0 aliphatic rings. The molecular formula is C30H33F2N7O3. The van der Waals surface area contributed by atoms with Crippen molar-refractivity contribution in [2.24, 2.45) is 0 Å². The Hall–Kier alpha value is -4.68. The number of anilines is 3. The van der Waals surface area contributed by atoms with Crippen LogP contribution in [0.4, 0.5) is 26.6 Å². The van der Waals surface area contributed by atoms with Crippen LogP contribution in [0.15, 0.2) is 78.9 Å². The smallest absolute Gasteiger partial charge is 0.251 e. The van der Waals surface area contributed by atoms with Crippen LogP contribution < -0.4 is 21.3 Å². The first-order chi connectivity index (χ1) is 20.5. The van der Waals surface area contributed by atoms with Crippen LogP contribution in [0.3, 0.4) is 0 Å². The van der Waals surface area contributed by atoms with E-state index in [1.54, 1.807) is 36.4 Å². The molecule has 1 heterocycles. The highest BCUT2D eigenvalue weighted by Gasteiger charge is 2.08. The van der Waals surface area contributed by atoms with Crippen molar-refractivity contribution in [3.05, 3.63) is 107 Å². The molecule has 0 atom stereocenters. The van der Waals surface area contributed by atoms with Gasteiger partial charge in [-0.05, 0) is 47.5 Å². The Bertz CT molecular complexity index is 1350. The summed E-state index contributed by atoms with van der Waals surface area (Å²) in [7, 11) is 0. The van der Waals surface area contributed by atoms with Crippen molar-refractivity contribution in [2.75, 3.05) is 55.5 Å². The lowest BCUT2D eigenvalue weighted by Crippen LogP contribution is -2.27. The summed E-state index contributed by atoms with van der Waals surface area (Å²) in [6.45, 7) is 2.96. The van der Waals surface area contributed by atoms with Crippen molar-refractivity contribution in [2.45, 2.75) is 13.1 Å². The number of carbonyl (C=O) groups excluding carboxylic acids is 1. The molecule has 4 N–H and O–H groups in total. The van der Waals surface area contributed by atoms with Gasteiger partial charge in [-0.2, -0.15) is 15.0 Å². The number of hydrogen-bond acceptors (Lipinski definition) is 9. The number of halogens is 2. The van der Waals surface area contributed by atoms with Crippen LogP contribution in [-0.4, -0.2) is 60.4 Å². The van der Waals surface area contributed by atoms with E-state index in [0.717, 1.165) is 11.1 Å². The van der Waals surface area contributed by atoms with Gasteiger partial charge in [-0.15, -0.1) is 0 Å². The van der Waals surface area contributed by atoms with Crippen LogP contribution in [-0.2, 0) is 22.6 Å². The Labute approximate surface area is 242 Å². The van der Waals surface area contributed by atoms with Crippen LogP contribution in [0.25, 0.3) is 0 Å². The van der Waals surface area contributed by atoms with Gasteiger partial charge in [0.15, 0.2) is 0 Å². The quantitative estimate of drug-likeness (QED) is 0.137. The molecule has 1 amide bonds. The van der Waals surface area contributed by atoms with Gasteiger partial charge in [0.2, 0.25) is 17.8 Å². The van der Waals surface area contributed by atoms with Crippen LogP contribution in [0.2, 0.25) is 0 Å². The maximum atomic E-state index is 13.6. The molecule has 4 aromatic rings. The van der Waals surface area contributed by atoms with Crippen molar-refractivity contribution >= 4 is 23.8 Å². The van der Waals surface area contributed by atoms with Gasteiger partial charge < -0.3 is 30.7 Å². The number of amides is 1. The first kappa shape index (κ1) is 30.3. The molecule has 12 heteroatoms. The number of nitrogens with zero attached hydrogens (tertiary/aromatic N) is 3. The molecular weight excluding hydrogens is 544 g/mol. The van der Waals surface area contributed by atoms with Gasteiger partial charge in [0.1, 0.15) is 11.6 Å². The lowest BCUT2D eigenvalue weighted by molar-refractivity contribution is 0.0519. The fraction of sp³-hybridized carbons (Fsp3) is 0.267. The van der Waals surface area contributed by atoms with Crippen molar-refractivity contribution in [3.63, 3.8) is 0 Å². The minimum absolute atomic E-state index is 0.139. The maximum Gasteiger partial charge on any atom is 0.251 e. The first-order valence-corrected chi connectivity index (χ1v) is 13.5. The van der Waals surface area contributed by atoms with Crippen LogP contribution in [0.5, 0.6) is 0 Å². The molecule has 0 aliphatic carbocycles. The molecule has 0 saturated carbocycles. The molecule has 220 valence electrons. The molecule has 0 aliphatic heterocycles. The predicted octanol–water partition coefficient (Wildman–Crippen LogP) is 4.25. The minimum Gasteiger partial charge on any atom is -0.377 e. The third-order valence-electron chi connectivity index (χ3n) is 5.78. The van der Waals surface area contributed by atoms with E-state index in [4.69, 9.17) is 9.47 Å². The number of aromatic nitrogens is 3. The SMILES string of the molecule is O=C(NCCOCCOCCNc1nc(NCc2cccc(F)c2)nc(NCc2cccc(F)c2)n1)c1ccccc1. The van der Waals surface area contributed by atoms with E-state index in [1.165, 1.54) is 24.3 Å². The zero-order valence-corrected chi connectivity index (χ0v) is 23.0.